The van der Waals surface area contributed by atoms with E-state index in [0.29, 0.717) is 0 Å². The fourth-order valence-corrected chi connectivity index (χ4v) is 2.82. The molecule has 3 aromatic rings. The molecule has 1 amide bonds. The number of aromatic nitrogens is 2. The van der Waals surface area contributed by atoms with Gasteiger partial charge in [0.05, 0.1) is 6.04 Å². The zero-order valence-electron chi connectivity index (χ0n) is 14.8. The van der Waals surface area contributed by atoms with Crippen molar-refractivity contribution in [3.05, 3.63) is 99.7 Å². The summed E-state index contributed by atoms with van der Waals surface area (Å²) in [5.41, 5.74) is 3.92. The number of rotatable bonds is 5. The predicted molar refractivity (Wildman–Crippen MR) is 101 cm³/mol. The minimum atomic E-state index is -0.440. The zero-order chi connectivity index (χ0) is 18.5. The minimum Gasteiger partial charge on any atom is -0.344 e. The van der Waals surface area contributed by atoms with E-state index in [1.807, 2.05) is 36.4 Å². The zero-order valence-corrected chi connectivity index (χ0v) is 14.8. The number of aryl methyl sites for hydroxylation is 2. The molecule has 5 nitrogen and oxygen atoms in total. The number of hydrogen-bond donors (Lipinski definition) is 1. The van der Waals surface area contributed by atoms with Gasteiger partial charge in [-0.2, -0.15) is 0 Å². The molecule has 1 heterocycles. The average molecular weight is 347 g/mol. The smallest absolute Gasteiger partial charge is 0.344 e. The van der Waals surface area contributed by atoms with Crippen molar-refractivity contribution in [3.8, 4) is 0 Å². The molecule has 0 aliphatic rings. The number of hydrogen-bond acceptors (Lipinski definition) is 3. The summed E-state index contributed by atoms with van der Waals surface area (Å²) in [4.78, 5) is 28.0. The van der Waals surface area contributed by atoms with Gasteiger partial charge in [-0.1, -0.05) is 48.5 Å². The third kappa shape index (κ3) is 4.06. The first-order valence-electron chi connectivity index (χ1n) is 8.47. The Hall–Kier alpha value is -3.21. The normalized spacial score (nSPS) is 11.8. The maximum atomic E-state index is 12.6. The minimum absolute atomic E-state index is 0.0686. The molecular formula is C21H21N3O2. The largest absolute Gasteiger partial charge is 0.347 e. The molecule has 0 spiro atoms. The Morgan fingerprint density at radius 1 is 1.04 bits per heavy atom. The quantitative estimate of drug-likeness (QED) is 0.772. The maximum Gasteiger partial charge on any atom is 0.347 e. The van der Waals surface area contributed by atoms with E-state index in [-0.39, 0.29) is 18.5 Å². The van der Waals surface area contributed by atoms with Gasteiger partial charge in [-0.05, 0) is 42.2 Å². The molecule has 0 fully saturated rings. The molecule has 0 bridgehead atoms. The molecule has 26 heavy (non-hydrogen) atoms. The molecule has 0 saturated heterocycles. The Bertz CT molecular complexity index is 964. The van der Waals surface area contributed by atoms with Gasteiger partial charge in [0.25, 0.3) is 0 Å². The van der Waals surface area contributed by atoms with Crippen molar-refractivity contribution in [1.29, 1.82) is 0 Å². The summed E-state index contributed by atoms with van der Waals surface area (Å²) in [7, 11) is 0. The summed E-state index contributed by atoms with van der Waals surface area (Å²) >= 11 is 0. The second-order valence-corrected chi connectivity index (χ2v) is 6.29. The molecule has 132 valence electrons. The molecule has 0 saturated carbocycles. The molecule has 3 rings (SSSR count). The molecular weight excluding hydrogens is 326 g/mol. The fourth-order valence-electron chi connectivity index (χ4n) is 2.82. The third-order valence-corrected chi connectivity index (χ3v) is 4.40. The van der Waals surface area contributed by atoms with Gasteiger partial charge >= 0.3 is 5.69 Å². The van der Waals surface area contributed by atoms with Crippen molar-refractivity contribution >= 4 is 5.91 Å². The summed E-state index contributed by atoms with van der Waals surface area (Å²) in [5, 5.41) is 3.05. The van der Waals surface area contributed by atoms with Crippen molar-refractivity contribution in [2.45, 2.75) is 26.4 Å². The van der Waals surface area contributed by atoms with Crippen molar-refractivity contribution < 1.29 is 4.79 Å². The van der Waals surface area contributed by atoms with Crippen LogP contribution >= 0.6 is 0 Å². The van der Waals surface area contributed by atoms with Crippen molar-refractivity contribution in [2.75, 3.05) is 0 Å². The second kappa shape index (κ2) is 7.78. The van der Waals surface area contributed by atoms with Crippen LogP contribution in [0.4, 0.5) is 0 Å². The van der Waals surface area contributed by atoms with Crippen LogP contribution in [0.25, 0.3) is 0 Å². The summed E-state index contributed by atoms with van der Waals surface area (Å²) in [6.45, 7) is 4.04. The first-order valence-corrected chi connectivity index (χ1v) is 8.47. The predicted octanol–water partition coefficient (Wildman–Crippen LogP) is 2.77. The van der Waals surface area contributed by atoms with E-state index in [4.69, 9.17) is 0 Å². The van der Waals surface area contributed by atoms with Gasteiger partial charge in [-0.15, -0.1) is 0 Å². The lowest BCUT2D eigenvalue weighted by Crippen LogP contribution is -2.35. The van der Waals surface area contributed by atoms with Crippen LogP contribution in [0.2, 0.25) is 0 Å². The molecule has 1 aromatic heterocycles. The Labute approximate surface area is 152 Å². The summed E-state index contributed by atoms with van der Waals surface area (Å²) < 4.78 is 1.29. The van der Waals surface area contributed by atoms with E-state index in [2.05, 4.69) is 36.3 Å². The van der Waals surface area contributed by atoms with Gasteiger partial charge in [-0.3, -0.25) is 9.36 Å². The molecule has 0 aliphatic carbocycles. The molecule has 0 unspecified atom stereocenters. The Morgan fingerprint density at radius 3 is 2.50 bits per heavy atom. The van der Waals surface area contributed by atoms with Crippen LogP contribution in [-0.4, -0.2) is 15.5 Å². The van der Waals surface area contributed by atoms with Crippen molar-refractivity contribution in [1.82, 2.24) is 14.9 Å². The highest BCUT2D eigenvalue weighted by Crippen LogP contribution is 2.24. The van der Waals surface area contributed by atoms with Gasteiger partial charge < -0.3 is 5.32 Å². The molecule has 0 aliphatic heterocycles. The number of amides is 1. The highest BCUT2D eigenvalue weighted by atomic mass is 16.2. The molecule has 0 radical (unpaired) electrons. The van der Waals surface area contributed by atoms with E-state index in [1.54, 1.807) is 12.3 Å². The lowest BCUT2D eigenvalue weighted by molar-refractivity contribution is -0.122. The van der Waals surface area contributed by atoms with E-state index < -0.39 is 5.69 Å². The van der Waals surface area contributed by atoms with Gasteiger partial charge in [0.2, 0.25) is 5.91 Å². The fraction of sp³-hybridized carbons (Fsp3) is 0.190. The molecule has 2 aromatic carbocycles. The van der Waals surface area contributed by atoms with Gasteiger partial charge in [0, 0.05) is 12.4 Å². The molecule has 1 atom stereocenters. The SMILES string of the molecule is Cc1ccc([C@H](NC(=O)Cn2cccnc2=O)c2ccccc2)cc1C. The van der Waals surface area contributed by atoms with E-state index in [9.17, 15) is 9.59 Å². The maximum absolute atomic E-state index is 12.6. The van der Waals surface area contributed by atoms with E-state index in [0.717, 1.165) is 11.1 Å². The van der Waals surface area contributed by atoms with Crippen molar-refractivity contribution in [2.24, 2.45) is 0 Å². The topological polar surface area (TPSA) is 64.0 Å². The standard InChI is InChI=1S/C21H21N3O2/c1-15-9-10-18(13-16(15)2)20(17-7-4-3-5-8-17)23-19(25)14-24-12-6-11-22-21(24)26/h3-13,20H,14H2,1-2H3,(H,23,25)/t20-/m1/s1. The van der Waals surface area contributed by atoms with Gasteiger partial charge in [0.15, 0.2) is 0 Å². The first kappa shape index (κ1) is 17.6. The highest BCUT2D eigenvalue weighted by molar-refractivity contribution is 5.76. The first-order chi connectivity index (χ1) is 12.5. The van der Waals surface area contributed by atoms with E-state index >= 15 is 0 Å². The van der Waals surface area contributed by atoms with Crippen LogP contribution < -0.4 is 11.0 Å². The Kier molecular flexibility index (Phi) is 5.27. The van der Waals surface area contributed by atoms with Crippen molar-refractivity contribution in [3.63, 3.8) is 0 Å². The number of carbonyl (C=O) groups excluding carboxylic acids is 1. The van der Waals surface area contributed by atoms with Crippen LogP contribution in [0.3, 0.4) is 0 Å². The van der Waals surface area contributed by atoms with Gasteiger partial charge in [-0.25, -0.2) is 9.78 Å². The van der Waals surface area contributed by atoms with E-state index in [1.165, 1.54) is 21.9 Å². The molecule has 5 heteroatoms. The number of nitrogens with one attached hydrogen (secondary N) is 1. The Morgan fingerprint density at radius 2 is 1.81 bits per heavy atom. The van der Waals surface area contributed by atoms with Gasteiger partial charge in [0.1, 0.15) is 6.54 Å². The lowest BCUT2D eigenvalue weighted by Gasteiger charge is -2.21. The lowest BCUT2D eigenvalue weighted by atomic mass is 9.95. The number of nitrogens with zero attached hydrogens (tertiary/aromatic N) is 2. The van der Waals surface area contributed by atoms with Crippen LogP contribution in [0.1, 0.15) is 28.3 Å². The summed E-state index contributed by atoms with van der Waals surface area (Å²) in [6.07, 6.45) is 2.97. The summed E-state index contributed by atoms with van der Waals surface area (Å²) in [5.74, 6) is -0.243. The number of benzene rings is 2. The highest BCUT2D eigenvalue weighted by Gasteiger charge is 2.17. The summed E-state index contributed by atoms with van der Waals surface area (Å²) in [6, 6.07) is 17.3. The third-order valence-electron chi connectivity index (χ3n) is 4.40. The number of carbonyl (C=O) groups is 1. The van der Waals surface area contributed by atoms with Crippen LogP contribution in [-0.2, 0) is 11.3 Å². The second-order valence-electron chi connectivity index (χ2n) is 6.29. The molecule has 1 N–H and O–H groups in total. The van der Waals surface area contributed by atoms with Crippen LogP contribution in [0, 0.1) is 13.8 Å². The average Bonchev–Trinajstić information content (AvgIpc) is 2.65. The Balaban J connectivity index is 1.89. The van der Waals surface area contributed by atoms with Crippen LogP contribution in [0.5, 0.6) is 0 Å². The monoisotopic (exact) mass is 347 g/mol. The van der Waals surface area contributed by atoms with Crippen LogP contribution in [0.15, 0.2) is 71.8 Å².